The number of nitrogens with one attached hydrogen (secondary N) is 1. The number of aliphatic hydroxyl groups is 3. The minimum absolute atomic E-state index is 0.344. The standard InChI is InChI=1S/C13H18N2O5S/c1-7(17)15-10-12(19)11(18)8(6-16)20-13(10)21-9-4-2-3-5-14-9/h2-5,8,10-13,16,18-19H,6H2,1H3,(H,15,17)/t8?,10?,11-,12?,13+/m1/s1. The molecule has 1 saturated heterocycles. The number of nitrogens with zero attached hydrogens (tertiary/aromatic N) is 1. The number of amides is 1. The Morgan fingerprint density at radius 2 is 2.19 bits per heavy atom. The molecule has 0 spiro atoms. The number of aliphatic hydroxyl groups excluding tert-OH is 3. The summed E-state index contributed by atoms with van der Waals surface area (Å²) in [6, 6.07) is 4.55. The summed E-state index contributed by atoms with van der Waals surface area (Å²) in [6.45, 7) is 0.893. The highest BCUT2D eigenvalue weighted by Crippen LogP contribution is 2.32. The molecule has 2 heterocycles. The van der Waals surface area contributed by atoms with Gasteiger partial charge in [0, 0.05) is 13.1 Å². The lowest BCUT2D eigenvalue weighted by atomic mass is 9.98. The fourth-order valence-electron chi connectivity index (χ4n) is 2.11. The molecule has 0 bridgehead atoms. The number of thioether (sulfide) groups is 1. The molecule has 0 aromatic carbocycles. The van der Waals surface area contributed by atoms with Crippen molar-refractivity contribution in [1.29, 1.82) is 0 Å². The zero-order chi connectivity index (χ0) is 15.4. The number of carbonyl (C=O) groups excluding carboxylic acids is 1. The molecule has 8 heteroatoms. The van der Waals surface area contributed by atoms with Crippen LogP contribution in [0.3, 0.4) is 0 Å². The summed E-state index contributed by atoms with van der Waals surface area (Å²) in [5, 5.41) is 32.5. The summed E-state index contributed by atoms with van der Waals surface area (Å²) < 4.78 is 5.58. The van der Waals surface area contributed by atoms with Gasteiger partial charge in [0.2, 0.25) is 5.91 Å². The van der Waals surface area contributed by atoms with Gasteiger partial charge in [-0.2, -0.15) is 0 Å². The first-order valence-electron chi connectivity index (χ1n) is 6.50. The Morgan fingerprint density at radius 1 is 1.43 bits per heavy atom. The van der Waals surface area contributed by atoms with Gasteiger partial charge in [-0.05, 0) is 12.1 Å². The van der Waals surface area contributed by atoms with E-state index in [1.807, 2.05) is 0 Å². The third kappa shape index (κ3) is 3.92. The fraction of sp³-hybridized carbons (Fsp3) is 0.538. The molecule has 21 heavy (non-hydrogen) atoms. The maximum absolute atomic E-state index is 11.3. The molecule has 1 aliphatic heterocycles. The average Bonchev–Trinajstić information content (AvgIpc) is 2.47. The quantitative estimate of drug-likeness (QED) is 0.571. The molecule has 0 saturated carbocycles. The first-order chi connectivity index (χ1) is 10.0. The van der Waals surface area contributed by atoms with Gasteiger partial charge in [-0.15, -0.1) is 0 Å². The topological polar surface area (TPSA) is 112 Å². The van der Waals surface area contributed by atoms with Crippen LogP contribution >= 0.6 is 11.8 Å². The molecule has 0 aliphatic carbocycles. The van der Waals surface area contributed by atoms with Gasteiger partial charge in [0.15, 0.2) is 0 Å². The summed E-state index contributed by atoms with van der Waals surface area (Å²) >= 11 is 1.21. The van der Waals surface area contributed by atoms with Crippen molar-refractivity contribution in [1.82, 2.24) is 10.3 Å². The van der Waals surface area contributed by atoms with Gasteiger partial charge >= 0.3 is 0 Å². The highest BCUT2D eigenvalue weighted by atomic mass is 32.2. The van der Waals surface area contributed by atoms with Gasteiger partial charge in [0.1, 0.15) is 23.7 Å². The summed E-state index contributed by atoms with van der Waals surface area (Å²) in [5.41, 5.74) is -0.667. The van der Waals surface area contributed by atoms with E-state index in [-0.39, 0.29) is 5.91 Å². The van der Waals surface area contributed by atoms with Crippen molar-refractivity contribution in [3.63, 3.8) is 0 Å². The highest BCUT2D eigenvalue weighted by molar-refractivity contribution is 7.99. The van der Waals surface area contributed by atoms with Gasteiger partial charge in [0.25, 0.3) is 0 Å². The molecular weight excluding hydrogens is 296 g/mol. The van der Waals surface area contributed by atoms with Crippen LogP contribution < -0.4 is 5.32 Å². The van der Waals surface area contributed by atoms with Crippen LogP contribution in [0.2, 0.25) is 0 Å². The Morgan fingerprint density at radius 3 is 2.76 bits per heavy atom. The van der Waals surface area contributed by atoms with E-state index in [1.54, 1.807) is 24.4 Å². The molecular formula is C13H18N2O5S. The summed E-state index contributed by atoms with van der Waals surface area (Å²) in [7, 11) is 0. The summed E-state index contributed by atoms with van der Waals surface area (Å²) in [4.78, 5) is 15.4. The number of ether oxygens (including phenoxy) is 1. The largest absolute Gasteiger partial charge is 0.394 e. The molecule has 4 N–H and O–H groups in total. The van der Waals surface area contributed by atoms with Crippen LogP contribution in [0.4, 0.5) is 0 Å². The lowest BCUT2D eigenvalue weighted by Crippen LogP contribution is -2.63. The molecule has 0 radical (unpaired) electrons. The molecule has 1 aromatic heterocycles. The predicted octanol–water partition coefficient (Wildman–Crippen LogP) is -0.883. The molecule has 1 fully saturated rings. The zero-order valence-electron chi connectivity index (χ0n) is 11.4. The highest BCUT2D eigenvalue weighted by Gasteiger charge is 2.45. The fourth-order valence-corrected chi connectivity index (χ4v) is 3.20. The normalized spacial score (nSPS) is 32.7. The minimum Gasteiger partial charge on any atom is -0.394 e. The van der Waals surface area contributed by atoms with Crippen LogP contribution in [0.15, 0.2) is 29.4 Å². The second-order valence-corrected chi connectivity index (χ2v) is 5.84. The number of carbonyl (C=O) groups is 1. The van der Waals surface area contributed by atoms with Gasteiger partial charge in [-0.3, -0.25) is 4.79 Å². The first kappa shape index (κ1) is 16.2. The van der Waals surface area contributed by atoms with Crippen LogP contribution in [0.5, 0.6) is 0 Å². The van der Waals surface area contributed by atoms with E-state index in [9.17, 15) is 20.1 Å². The molecule has 7 nitrogen and oxygen atoms in total. The van der Waals surface area contributed by atoms with Crippen LogP contribution in [-0.2, 0) is 9.53 Å². The summed E-state index contributed by atoms with van der Waals surface area (Å²) in [6.07, 6.45) is -1.80. The Kier molecular flexibility index (Phi) is 5.54. The Balaban J connectivity index is 2.18. The van der Waals surface area contributed by atoms with Gasteiger partial charge in [0.05, 0.1) is 17.7 Å². The van der Waals surface area contributed by atoms with E-state index in [1.165, 1.54) is 18.7 Å². The third-order valence-electron chi connectivity index (χ3n) is 3.13. The molecule has 2 rings (SSSR count). The Hall–Kier alpha value is -1.19. The third-order valence-corrected chi connectivity index (χ3v) is 4.25. The van der Waals surface area contributed by atoms with E-state index in [0.717, 1.165) is 0 Å². The van der Waals surface area contributed by atoms with Crippen molar-refractivity contribution in [3.8, 4) is 0 Å². The number of hydrogen-bond acceptors (Lipinski definition) is 7. The zero-order valence-corrected chi connectivity index (χ0v) is 12.2. The van der Waals surface area contributed by atoms with Crippen LogP contribution in [0.1, 0.15) is 6.92 Å². The van der Waals surface area contributed by atoms with Crippen molar-refractivity contribution >= 4 is 17.7 Å². The number of hydrogen-bond donors (Lipinski definition) is 4. The van der Waals surface area contributed by atoms with Crippen molar-refractivity contribution in [2.75, 3.05) is 6.61 Å². The smallest absolute Gasteiger partial charge is 0.217 e. The number of rotatable bonds is 4. The van der Waals surface area contributed by atoms with Crippen molar-refractivity contribution in [3.05, 3.63) is 24.4 Å². The monoisotopic (exact) mass is 314 g/mol. The van der Waals surface area contributed by atoms with Gasteiger partial charge in [-0.1, -0.05) is 17.8 Å². The van der Waals surface area contributed by atoms with Gasteiger partial charge < -0.3 is 25.4 Å². The SMILES string of the molecule is CC(=O)NC1C(O)[C@H](O)C(CO)O[C@H]1Sc1ccccn1. The molecule has 3 unspecified atom stereocenters. The van der Waals surface area contributed by atoms with Crippen LogP contribution in [0, 0.1) is 0 Å². The predicted molar refractivity (Wildman–Crippen MR) is 75.5 cm³/mol. The minimum atomic E-state index is -1.27. The molecule has 1 amide bonds. The molecule has 5 atom stereocenters. The van der Waals surface area contributed by atoms with Gasteiger partial charge in [-0.25, -0.2) is 4.98 Å². The molecule has 1 aromatic rings. The summed E-state index contributed by atoms with van der Waals surface area (Å²) in [5.74, 6) is -0.344. The number of aromatic nitrogens is 1. The molecule has 116 valence electrons. The van der Waals surface area contributed by atoms with E-state index in [4.69, 9.17) is 4.74 Å². The van der Waals surface area contributed by atoms with E-state index in [2.05, 4.69) is 10.3 Å². The van der Waals surface area contributed by atoms with Crippen LogP contribution in [0.25, 0.3) is 0 Å². The first-order valence-corrected chi connectivity index (χ1v) is 7.38. The Bertz CT molecular complexity index is 475. The van der Waals surface area contributed by atoms with Crippen LogP contribution in [-0.4, -0.2) is 62.6 Å². The van der Waals surface area contributed by atoms with Crippen molar-refractivity contribution in [2.45, 2.75) is 41.7 Å². The van der Waals surface area contributed by atoms with E-state index in [0.29, 0.717) is 5.03 Å². The van der Waals surface area contributed by atoms with E-state index >= 15 is 0 Å². The lowest BCUT2D eigenvalue weighted by Gasteiger charge is -2.42. The van der Waals surface area contributed by atoms with E-state index < -0.39 is 36.4 Å². The lowest BCUT2D eigenvalue weighted by molar-refractivity contribution is -0.173. The maximum Gasteiger partial charge on any atom is 0.217 e. The molecule has 1 aliphatic rings. The van der Waals surface area contributed by atoms with Crippen molar-refractivity contribution < 1.29 is 24.9 Å². The van der Waals surface area contributed by atoms with Crippen molar-refractivity contribution in [2.24, 2.45) is 0 Å². The second-order valence-electron chi connectivity index (χ2n) is 4.72. The number of pyridine rings is 1. The second kappa shape index (κ2) is 7.19. The Labute approximate surface area is 126 Å². The average molecular weight is 314 g/mol. The maximum atomic E-state index is 11.3.